The Morgan fingerprint density at radius 2 is 2.11 bits per heavy atom. The lowest BCUT2D eigenvalue weighted by molar-refractivity contribution is -0.119. The fourth-order valence-electron chi connectivity index (χ4n) is 1.33. The normalized spacial score (nSPS) is 28.2. The molecule has 0 radical (unpaired) electrons. The smallest absolute Gasteiger partial charge is 0.154 e. The second-order valence-corrected chi connectivity index (χ2v) is 2.68. The van der Waals surface area contributed by atoms with Gasteiger partial charge in [0.25, 0.3) is 0 Å². The molecular formula is C6H10ClNO. The van der Waals surface area contributed by atoms with Crippen molar-refractivity contribution in [3.05, 3.63) is 0 Å². The van der Waals surface area contributed by atoms with E-state index in [1.54, 1.807) is 0 Å². The Morgan fingerprint density at radius 3 is 2.33 bits per heavy atom. The Bertz CT molecular complexity index is 142. The van der Waals surface area contributed by atoms with Gasteiger partial charge in [0.15, 0.2) is 5.78 Å². The average molecular weight is 148 g/mol. The second-order valence-electron chi connectivity index (χ2n) is 2.68. The average Bonchev–Trinajstić information content (AvgIpc) is 2.39. The van der Waals surface area contributed by atoms with Crippen molar-refractivity contribution in [1.82, 2.24) is 5.32 Å². The fraction of sp³-hybridized carbons (Fsp3) is 0.833. The maximum absolute atomic E-state index is 10.9. The second kappa shape index (κ2) is 1.96. The highest BCUT2D eigenvalue weighted by molar-refractivity contribution is 5.93. The van der Waals surface area contributed by atoms with E-state index in [1.807, 2.05) is 0 Å². The van der Waals surface area contributed by atoms with Crippen molar-refractivity contribution in [1.29, 1.82) is 0 Å². The minimum absolute atomic E-state index is 0. The third kappa shape index (κ3) is 0.864. The van der Waals surface area contributed by atoms with E-state index in [-0.39, 0.29) is 17.9 Å². The number of nitrogens with one attached hydrogen (secondary N) is 1. The van der Waals surface area contributed by atoms with Crippen LogP contribution < -0.4 is 5.32 Å². The van der Waals surface area contributed by atoms with E-state index in [2.05, 4.69) is 5.32 Å². The van der Waals surface area contributed by atoms with Gasteiger partial charge in [-0.3, -0.25) is 4.79 Å². The molecule has 0 amide bonds. The van der Waals surface area contributed by atoms with Gasteiger partial charge in [-0.15, -0.1) is 12.4 Å². The molecule has 1 aliphatic heterocycles. The SMILES string of the molecule is Cl.O=C1CCNC12CC2. The highest BCUT2D eigenvalue weighted by Crippen LogP contribution is 2.39. The van der Waals surface area contributed by atoms with Crippen molar-refractivity contribution in [2.24, 2.45) is 0 Å². The molecule has 1 saturated carbocycles. The van der Waals surface area contributed by atoms with Crippen LogP contribution in [0.5, 0.6) is 0 Å². The highest BCUT2D eigenvalue weighted by Gasteiger charge is 2.51. The Labute approximate surface area is 60.4 Å². The van der Waals surface area contributed by atoms with Crippen LogP contribution >= 0.6 is 12.4 Å². The van der Waals surface area contributed by atoms with Crippen LogP contribution in [0.15, 0.2) is 0 Å². The van der Waals surface area contributed by atoms with Crippen molar-refractivity contribution in [2.45, 2.75) is 24.8 Å². The molecular weight excluding hydrogens is 138 g/mol. The van der Waals surface area contributed by atoms with Crippen LogP contribution in [-0.4, -0.2) is 17.9 Å². The molecule has 1 aliphatic carbocycles. The van der Waals surface area contributed by atoms with Crippen LogP contribution in [0.3, 0.4) is 0 Å². The Morgan fingerprint density at radius 1 is 1.44 bits per heavy atom. The van der Waals surface area contributed by atoms with Crippen LogP contribution in [0.1, 0.15) is 19.3 Å². The van der Waals surface area contributed by atoms with E-state index in [9.17, 15) is 4.79 Å². The molecule has 1 N–H and O–H groups in total. The van der Waals surface area contributed by atoms with Crippen LogP contribution in [0.4, 0.5) is 0 Å². The minimum atomic E-state index is 0. The number of carbonyl (C=O) groups is 1. The summed E-state index contributed by atoms with van der Waals surface area (Å²) in [5.41, 5.74) is 0.0139. The Hall–Kier alpha value is -0.0800. The quantitative estimate of drug-likeness (QED) is 0.541. The van der Waals surface area contributed by atoms with Gasteiger partial charge in [-0.2, -0.15) is 0 Å². The van der Waals surface area contributed by atoms with Crippen LogP contribution in [0.2, 0.25) is 0 Å². The molecule has 2 nitrogen and oxygen atoms in total. The van der Waals surface area contributed by atoms with Crippen molar-refractivity contribution in [2.75, 3.05) is 6.54 Å². The minimum Gasteiger partial charge on any atom is -0.304 e. The maximum atomic E-state index is 10.9. The number of halogens is 1. The zero-order valence-electron chi connectivity index (χ0n) is 5.14. The van der Waals surface area contributed by atoms with E-state index in [1.165, 1.54) is 0 Å². The number of hydrogen-bond acceptors (Lipinski definition) is 2. The summed E-state index contributed by atoms with van der Waals surface area (Å²) in [5.74, 6) is 0.442. The summed E-state index contributed by atoms with van der Waals surface area (Å²) >= 11 is 0. The molecule has 0 aromatic carbocycles. The molecule has 1 heterocycles. The molecule has 0 bridgehead atoms. The zero-order valence-corrected chi connectivity index (χ0v) is 5.96. The lowest BCUT2D eigenvalue weighted by Crippen LogP contribution is -2.28. The summed E-state index contributed by atoms with van der Waals surface area (Å²) in [6.07, 6.45) is 2.94. The summed E-state index contributed by atoms with van der Waals surface area (Å²) < 4.78 is 0. The first-order valence-corrected chi connectivity index (χ1v) is 3.12. The lowest BCUT2D eigenvalue weighted by atomic mass is 10.2. The molecule has 1 spiro atoms. The van der Waals surface area contributed by atoms with Crippen molar-refractivity contribution in [3.63, 3.8) is 0 Å². The standard InChI is InChI=1S/C6H9NO.ClH/c8-5-1-4-7-6(5)2-3-6;/h7H,1-4H2;1H. The molecule has 2 rings (SSSR count). The van der Waals surface area contributed by atoms with E-state index >= 15 is 0 Å². The summed E-state index contributed by atoms with van der Waals surface area (Å²) in [4.78, 5) is 10.9. The van der Waals surface area contributed by atoms with Gasteiger partial charge in [0.1, 0.15) is 0 Å². The van der Waals surface area contributed by atoms with Gasteiger partial charge in [-0.05, 0) is 12.8 Å². The molecule has 0 unspecified atom stereocenters. The van der Waals surface area contributed by atoms with Crippen LogP contribution in [0, 0.1) is 0 Å². The third-order valence-electron chi connectivity index (χ3n) is 2.10. The van der Waals surface area contributed by atoms with Gasteiger partial charge >= 0.3 is 0 Å². The summed E-state index contributed by atoms with van der Waals surface area (Å²) in [5, 5.41) is 3.21. The lowest BCUT2D eigenvalue weighted by Gasteiger charge is -1.99. The number of ketones is 1. The van der Waals surface area contributed by atoms with Gasteiger partial charge in [-0.1, -0.05) is 0 Å². The van der Waals surface area contributed by atoms with E-state index in [0.29, 0.717) is 5.78 Å². The first kappa shape index (κ1) is 7.03. The third-order valence-corrected chi connectivity index (χ3v) is 2.10. The van der Waals surface area contributed by atoms with Crippen molar-refractivity contribution in [3.8, 4) is 0 Å². The van der Waals surface area contributed by atoms with Crippen LogP contribution in [-0.2, 0) is 4.79 Å². The van der Waals surface area contributed by atoms with Crippen LogP contribution in [0.25, 0.3) is 0 Å². The van der Waals surface area contributed by atoms with E-state index in [0.717, 1.165) is 25.8 Å². The first-order chi connectivity index (χ1) is 3.83. The van der Waals surface area contributed by atoms with Gasteiger partial charge in [0, 0.05) is 13.0 Å². The maximum Gasteiger partial charge on any atom is 0.154 e. The molecule has 1 saturated heterocycles. The highest BCUT2D eigenvalue weighted by atomic mass is 35.5. The molecule has 0 aromatic rings. The number of Topliss-reactive ketones (excluding diaryl/α,β-unsaturated/α-hetero) is 1. The molecule has 9 heavy (non-hydrogen) atoms. The molecule has 2 fully saturated rings. The summed E-state index contributed by atoms with van der Waals surface area (Å²) in [6, 6.07) is 0. The predicted octanol–water partition coefficient (Wildman–Crippen LogP) is 0.503. The predicted molar refractivity (Wildman–Crippen MR) is 36.8 cm³/mol. The first-order valence-electron chi connectivity index (χ1n) is 3.12. The largest absolute Gasteiger partial charge is 0.304 e. The van der Waals surface area contributed by atoms with Gasteiger partial charge in [0.2, 0.25) is 0 Å². The molecule has 0 aromatic heterocycles. The topological polar surface area (TPSA) is 29.1 Å². The number of hydrogen-bond donors (Lipinski definition) is 1. The Kier molecular flexibility index (Phi) is 1.53. The summed E-state index contributed by atoms with van der Waals surface area (Å²) in [7, 11) is 0. The van der Waals surface area contributed by atoms with Crippen molar-refractivity contribution >= 4 is 18.2 Å². The molecule has 0 atom stereocenters. The van der Waals surface area contributed by atoms with E-state index < -0.39 is 0 Å². The Balaban J connectivity index is 0.000000405. The molecule has 52 valence electrons. The number of carbonyl (C=O) groups excluding carboxylic acids is 1. The van der Waals surface area contributed by atoms with Gasteiger partial charge < -0.3 is 5.32 Å². The van der Waals surface area contributed by atoms with Crippen molar-refractivity contribution < 1.29 is 4.79 Å². The number of rotatable bonds is 0. The zero-order chi connectivity index (χ0) is 5.61. The van der Waals surface area contributed by atoms with Gasteiger partial charge in [0.05, 0.1) is 5.54 Å². The fourth-order valence-corrected chi connectivity index (χ4v) is 1.33. The summed E-state index contributed by atoms with van der Waals surface area (Å²) in [6.45, 7) is 0.916. The molecule has 3 heteroatoms. The van der Waals surface area contributed by atoms with Gasteiger partial charge in [-0.25, -0.2) is 0 Å². The monoisotopic (exact) mass is 147 g/mol. The van der Waals surface area contributed by atoms with E-state index in [4.69, 9.17) is 0 Å². The molecule has 2 aliphatic rings.